The van der Waals surface area contributed by atoms with Gasteiger partial charge in [-0.1, -0.05) is 28.1 Å². The number of ether oxygens (including phenoxy) is 1. The van der Waals surface area contributed by atoms with E-state index < -0.39 is 4.92 Å². The van der Waals surface area contributed by atoms with Crippen molar-refractivity contribution in [2.45, 2.75) is 6.92 Å². The molecule has 2 rings (SSSR count). The second-order valence-corrected chi connectivity index (χ2v) is 5.51. The Morgan fingerprint density at radius 3 is 2.83 bits per heavy atom. The summed E-state index contributed by atoms with van der Waals surface area (Å²) < 4.78 is 6.40. The van der Waals surface area contributed by atoms with Crippen LogP contribution in [0.3, 0.4) is 0 Å². The van der Waals surface area contributed by atoms with Gasteiger partial charge in [-0.2, -0.15) is 5.26 Å². The summed E-state index contributed by atoms with van der Waals surface area (Å²) in [5, 5.41) is 20.3. The maximum atomic E-state index is 10.9. The number of nitriles is 1. The lowest BCUT2D eigenvalue weighted by molar-refractivity contribution is -0.384. The number of nitrogens with zero attached hydrogens (tertiary/aromatic N) is 2. The number of hydrogen-bond acceptors (Lipinski definition) is 4. The fourth-order valence-electron chi connectivity index (χ4n) is 2.04. The van der Waals surface area contributed by atoms with Crippen LogP contribution in [-0.4, -0.2) is 11.5 Å². The van der Waals surface area contributed by atoms with Crippen molar-refractivity contribution in [3.8, 4) is 11.8 Å². The second kappa shape index (κ2) is 7.56. The quantitative estimate of drug-likeness (QED) is 0.326. The SMILES string of the molecule is CCOc1ccc(Br)cc1/C=C(/C#N)c1cccc([N+](=O)[O-])c1. The normalized spacial score (nSPS) is 10.9. The molecule has 0 saturated carbocycles. The smallest absolute Gasteiger partial charge is 0.270 e. The van der Waals surface area contributed by atoms with Crippen molar-refractivity contribution < 1.29 is 9.66 Å². The molecule has 0 atom stereocenters. The maximum absolute atomic E-state index is 10.9. The number of non-ortho nitro benzene ring substituents is 1. The molecule has 0 amide bonds. The lowest BCUT2D eigenvalue weighted by Gasteiger charge is -2.08. The van der Waals surface area contributed by atoms with Gasteiger partial charge in [0.15, 0.2) is 0 Å². The molecule has 6 heteroatoms. The fourth-order valence-corrected chi connectivity index (χ4v) is 2.42. The van der Waals surface area contributed by atoms with E-state index in [9.17, 15) is 15.4 Å². The molecule has 0 heterocycles. The Bertz CT molecular complexity index is 810. The average Bonchev–Trinajstić information content (AvgIpc) is 2.55. The van der Waals surface area contributed by atoms with E-state index in [1.807, 2.05) is 25.1 Å². The number of allylic oxidation sites excluding steroid dienone is 1. The number of hydrogen-bond donors (Lipinski definition) is 0. The summed E-state index contributed by atoms with van der Waals surface area (Å²) in [6.07, 6.45) is 1.66. The zero-order chi connectivity index (χ0) is 16.8. The predicted molar refractivity (Wildman–Crippen MR) is 91.9 cm³/mol. The van der Waals surface area contributed by atoms with E-state index in [0.29, 0.717) is 23.5 Å². The van der Waals surface area contributed by atoms with Crippen molar-refractivity contribution in [3.63, 3.8) is 0 Å². The van der Waals surface area contributed by atoms with Gasteiger partial charge in [-0.3, -0.25) is 10.1 Å². The molecule has 0 radical (unpaired) electrons. The first-order chi connectivity index (χ1) is 11.0. The Morgan fingerprint density at radius 2 is 2.17 bits per heavy atom. The predicted octanol–water partition coefficient (Wildman–Crippen LogP) is 4.82. The van der Waals surface area contributed by atoms with Crippen molar-refractivity contribution in [3.05, 3.63) is 68.2 Å². The molecule has 0 N–H and O–H groups in total. The molecule has 0 fully saturated rings. The molecule has 0 spiro atoms. The van der Waals surface area contributed by atoms with Crippen molar-refractivity contribution in [1.29, 1.82) is 5.26 Å². The topological polar surface area (TPSA) is 76.2 Å². The molecule has 5 nitrogen and oxygen atoms in total. The van der Waals surface area contributed by atoms with Crippen molar-refractivity contribution in [1.82, 2.24) is 0 Å². The summed E-state index contributed by atoms with van der Waals surface area (Å²) in [4.78, 5) is 10.4. The highest BCUT2D eigenvalue weighted by Gasteiger charge is 2.10. The average molecular weight is 373 g/mol. The van der Waals surface area contributed by atoms with Crippen LogP contribution in [-0.2, 0) is 0 Å². The first-order valence-electron chi connectivity index (χ1n) is 6.84. The van der Waals surface area contributed by atoms with Crippen molar-refractivity contribution >= 4 is 33.3 Å². The first kappa shape index (κ1) is 16.7. The fraction of sp³-hybridized carbons (Fsp3) is 0.118. The maximum Gasteiger partial charge on any atom is 0.270 e. The summed E-state index contributed by atoms with van der Waals surface area (Å²) in [5.74, 6) is 0.647. The van der Waals surface area contributed by atoms with Crippen molar-refractivity contribution in [2.24, 2.45) is 0 Å². The molecule has 0 bridgehead atoms. The summed E-state index contributed by atoms with van der Waals surface area (Å²) in [6.45, 7) is 2.38. The minimum atomic E-state index is -0.483. The minimum Gasteiger partial charge on any atom is -0.493 e. The number of halogens is 1. The highest BCUT2D eigenvalue weighted by Crippen LogP contribution is 2.28. The monoisotopic (exact) mass is 372 g/mol. The lowest BCUT2D eigenvalue weighted by Crippen LogP contribution is -1.94. The molecule has 0 unspecified atom stereocenters. The zero-order valence-electron chi connectivity index (χ0n) is 12.3. The van der Waals surface area contributed by atoms with Gasteiger partial charge in [0.1, 0.15) is 5.75 Å². The van der Waals surface area contributed by atoms with Crippen LogP contribution in [0.2, 0.25) is 0 Å². The molecular formula is C17H13BrN2O3. The standard InChI is InChI=1S/C17H13BrN2O3/c1-2-23-17-7-6-15(18)9-13(17)8-14(11-19)12-4-3-5-16(10-12)20(21)22/h3-10H,2H2,1H3/b14-8-. The molecule has 2 aromatic carbocycles. The van der Waals surface area contributed by atoms with Crippen LogP contribution in [0.5, 0.6) is 5.75 Å². The molecular weight excluding hydrogens is 360 g/mol. The van der Waals surface area contributed by atoms with Gasteiger partial charge in [0.25, 0.3) is 5.69 Å². The molecule has 0 aliphatic heterocycles. The van der Waals surface area contributed by atoms with Crippen LogP contribution < -0.4 is 4.74 Å². The molecule has 23 heavy (non-hydrogen) atoms. The molecule has 116 valence electrons. The van der Waals surface area contributed by atoms with Gasteiger partial charge in [0, 0.05) is 22.2 Å². The van der Waals surface area contributed by atoms with Gasteiger partial charge in [0.05, 0.1) is 23.2 Å². The third-order valence-electron chi connectivity index (χ3n) is 3.06. The summed E-state index contributed by atoms with van der Waals surface area (Å²) in [5.41, 5.74) is 1.49. The molecule has 0 aliphatic rings. The van der Waals surface area contributed by atoms with E-state index in [1.54, 1.807) is 18.2 Å². The molecule has 0 saturated heterocycles. The van der Waals surface area contributed by atoms with Crippen LogP contribution in [0.4, 0.5) is 5.69 Å². The Morgan fingerprint density at radius 1 is 1.39 bits per heavy atom. The Balaban J connectivity index is 2.51. The third-order valence-corrected chi connectivity index (χ3v) is 3.55. The molecule has 2 aromatic rings. The second-order valence-electron chi connectivity index (χ2n) is 4.59. The Hall–Kier alpha value is -2.65. The lowest BCUT2D eigenvalue weighted by atomic mass is 10.0. The van der Waals surface area contributed by atoms with E-state index in [4.69, 9.17) is 4.74 Å². The van der Waals surface area contributed by atoms with Gasteiger partial charge in [0.2, 0.25) is 0 Å². The van der Waals surface area contributed by atoms with E-state index in [-0.39, 0.29) is 5.69 Å². The van der Waals surface area contributed by atoms with Gasteiger partial charge in [-0.25, -0.2) is 0 Å². The largest absolute Gasteiger partial charge is 0.493 e. The highest BCUT2D eigenvalue weighted by atomic mass is 79.9. The first-order valence-corrected chi connectivity index (χ1v) is 7.63. The van der Waals surface area contributed by atoms with Crippen LogP contribution in [0, 0.1) is 21.4 Å². The number of benzene rings is 2. The van der Waals surface area contributed by atoms with Crippen molar-refractivity contribution in [2.75, 3.05) is 6.61 Å². The van der Waals surface area contributed by atoms with Crippen LogP contribution in [0.15, 0.2) is 46.9 Å². The van der Waals surface area contributed by atoms with Crippen LogP contribution in [0.1, 0.15) is 18.1 Å². The van der Waals surface area contributed by atoms with Gasteiger partial charge < -0.3 is 4.74 Å². The molecule has 0 aromatic heterocycles. The Kier molecular flexibility index (Phi) is 5.50. The van der Waals surface area contributed by atoms with Gasteiger partial charge >= 0.3 is 0 Å². The number of nitro groups is 1. The third kappa shape index (κ3) is 4.18. The summed E-state index contributed by atoms with van der Waals surface area (Å²) in [7, 11) is 0. The van der Waals surface area contributed by atoms with E-state index in [1.165, 1.54) is 12.1 Å². The highest BCUT2D eigenvalue weighted by molar-refractivity contribution is 9.10. The number of nitro benzene ring substituents is 1. The van der Waals surface area contributed by atoms with E-state index >= 15 is 0 Å². The number of rotatable bonds is 5. The van der Waals surface area contributed by atoms with Gasteiger partial charge in [-0.15, -0.1) is 0 Å². The zero-order valence-corrected chi connectivity index (χ0v) is 13.9. The minimum absolute atomic E-state index is 0.0528. The van der Waals surface area contributed by atoms with E-state index in [2.05, 4.69) is 22.0 Å². The molecule has 0 aliphatic carbocycles. The van der Waals surface area contributed by atoms with Crippen LogP contribution >= 0.6 is 15.9 Å². The summed E-state index contributed by atoms with van der Waals surface area (Å²) in [6, 6.07) is 13.6. The van der Waals surface area contributed by atoms with Gasteiger partial charge in [-0.05, 0) is 36.8 Å². The Labute approximate surface area is 142 Å². The summed E-state index contributed by atoms with van der Waals surface area (Å²) >= 11 is 3.39. The van der Waals surface area contributed by atoms with Crippen LogP contribution in [0.25, 0.3) is 11.6 Å². The van der Waals surface area contributed by atoms with E-state index in [0.717, 1.165) is 10.0 Å².